The first-order valence-electron chi connectivity index (χ1n) is 6.76. The summed E-state index contributed by atoms with van der Waals surface area (Å²) < 4.78 is 16.3. The van der Waals surface area contributed by atoms with E-state index in [1.807, 2.05) is 39.0 Å². The summed E-state index contributed by atoms with van der Waals surface area (Å²) in [7, 11) is -2.51. The summed E-state index contributed by atoms with van der Waals surface area (Å²) in [6.45, 7) is 14.8. The topological polar surface area (TPSA) is 40.6 Å². The van der Waals surface area contributed by atoms with E-state index in [2.05, 4.69) is 18.1 Å². The first-order valence-corrected chi connectivity index (χ1v) is 8.57. The average Bonchev–Trinajstić information content (AvgIpc) is 2.49. The molecule has 0 spiro atoms. The molecule has 0 aliphatic heterocycles. The van der Waals surface area contributed by atoms with E-state index in [1.165, 1.54) is 0 Å². The molecule has 0 aliphatic carbocycles. The second-order valence-electron chi connectivity index (χ2n) is 3.57. The van der Waals surface area contributed by atoms with Crippen LogP contribution in [0, 0.1) is 0 Å². The molecule has 0 aromatic carbocycles. The third kappa shape index (κ3) is 7.35. The molecule has 1 rings (SSSR count). The third-order valence-electron chi connectivity index (χ3n) is 2.18. The molecule has 1 aromatic heterocycles. The van der Waals surface area contributed by atoms with Crippen LogP contribution in [0.4, 0.5) is 0 Å². The minimum Gasteiger partial charge on any atom is -0.371 e. The van der Waals surface area contributed by atoms with Gasteiger partial charge in [0, 0.05) is 26.0 Å². The normalized spacial score (nSPS) is 10.3. The van der Waals surface area contributed by atoms with E-state index in [0.29, 0.717) is 19.8 Å². The number of hydrogen-bond donors (Lipinski definition) is 0. The molecule has 0 saturated carbocycles. The molecule has 0 N–H and O–H groups in total. The molecule has 1 aromatic rings. The summed E-state index contributed by atoms with van der Waals surface area (Å²) in [6, 6.07) is 5.73. The van der Waals surface area contributed by atoms with Crippen LogP contribution < -0.4 is 0 Å². The first-order chi connectivity index (χ1) is 9.67. The average molecular weight is 295 g/mol. The van der Waals surface area contributed by atoms with Gasteiger partial charge in [0.25, 0.3) is 0 Å². The van der Waals surface area contributed by atoms with Gasteiger partial charge in [-0.15, -0.1) is 0 Å². The van der Waals surface area contributed by atoms with E-state index in [1.54, 1.807) is 18.0 Å². The lowest BCUT2D eigenvalue weighted by Gasteiger charge is -2.24. The van der Waals surface area contributed by atoms with Crippen molar-refractivity contribution >= 4 is 14.9 Å². The van der Waals surface area contributed by atoms with E-state index >= 15 is 0 Å². The van der Waals surface area contributed by atoms with Gasteiger partial charge in [0.05, 0.1) is 5.69 Å². The SMILES string of the molecule is C=C[Si](OCC)(OCC)OCC.C=Cc1ccccn1. The van der Waals surface area contributed by atoms with Crippen LogP contribution in [0.15, 0.2) is 43.3 Å². The van der Waals surface area contributed by atoms with Gasteiger partial charge in [-0.2, -0.15) is 0 Å². The number of rotatable bonds is 8. The zero-order valence-corrected chi connectivity index (χ0v) is 13.7. The van der Waals surface area contributed by atoms with E-state index < -0.39 is 8.80 Å². The summed E-state index contributed by atoms with van der Waals surface area (Å²) in [4.78, 5) is 3.98. The summed E-state index contributed by atoms with van der Waals surface area (Å²) in [5.74, 6) is 0. The van der Waals surface area contributed by atoms with Crippen molar-refractivity contribution in [2.24, 2.45) is 0 Å². The van der Waals surface area contributed by atoms with E-state index in [0.717, 1.165) is 5.69 Å². The summed E-state index contributed by atoms with van der Waals surface area (Å²) in [5, 5.41) is 0. The van der Waals surface area contributed by atoms with Gasteiger partial charge in [-0.05, 0) is 44.7 Å². The fraction of sp³-hybridized carbons (Fsp3) is 0.400. The maximum Gasteiger partial charge on any atom is 0.528 e. The van der Waals surface area contributed by atoms with E-state index in [4.69, 9.17) is 13.3 Å². The van der Waals surface area contributed by atoms with Gasteiger partial charge in [0.2, 0.25) is 0 Å². The highest BCUT2D eigenvalue weighted by molar-refractivity contribution is 6.66. The Kier molecular flexibility index (Phi) is 10.8. The Balaban J connectivity index is 0.000000388. The van der Waals surface area contributed by atoms with E-state index in [9.17, 15) is 0 Å². The summed E-state index contributed by atoms with van der Waals surface area (Å²) in [6.07, 6.45) is 3.47. The van der Waals surface area contributed by atoms with E-state index in [-0.39, 0.29) is 0 Å². The van der Waals surface area contributed by atoms with Crippen LogP contribution in [0.2, 0.25) is 0 Å². The Morgan fingerprint density at radius 3 is 1.85 bits per heavy atom. The summed E-state index contributed by atoms with van der Waals surface area (Å²) >= 11 is 0. The standard InChI is InChI=1S/C8H18O3Si.C7H7N/c1-5-9-12(8-4,10-6-2)11-7-3;1-2-7-5-3-4-6-8-7/h8H,4-7H2,1-3H3;2-6H,1H2. The van der Waals surface area contributed by atoms with Crippen LogP contribution in [0.1, 0.15) is 26.5 Å². The van der Waals surface area contributed by atoms with Crippen LogP contribution in [0.25, 0.3) is 6.08 Å². The Hall–Kier alpha value is -1.27. The molecule has 4 nitrogen and oxygen atoms in total. The highest BCUT2D eigenvalue weighted by Gasteiger charge is 2.36. The molecule has 0 saturated heterocycles. The minimum atomic E-state index is -2.51. The molecular formula is C15H25NO3Si. The maximum atomic E-state index is 5.44. The number of aromatic nitrogens is 1. The van der Waals surface area contributed by atoms with Gasteiger partial charge in [-0.1, -0.05) is 19.2 Å². The largest absolute Gasteiger partial charge is 0.528 e. The highest BCUT2D eigenvalue weighted by Crippen LogP contribution is 2.10. The predicted octanol–water partition coefficient (Wildman–Crippen LogP) is 3.48. The molecule has 5 heteroatoms. The molecule has 0 amide bonds. The van der Waals surface area contributed by atoms with Crippen LogP contribution in [0.3, 0.4) is 0 Å². The van der Waals surface area contributed by atoms with Crippen molar-refractivity contribution in [3.05, 3.63) is 48.9 Å². The predicted molar refractivity (Wildman–Crippen MR) is 85.2 cm³/mol. The van der Waals surface area contributed by atoms with Crippen LogP contribution in [0.5, 0.6) is 0 Å². The zero-order valence-electron chi connectivity index (χ0n) is 12.7. The monoisotopic (exact) mass is 295 g/mol. The van der Waals surface area contributed by atoms with Crippen LogP contribution in [-0.2, 0) is 13.3 Å². The molecule has 0 fully saturated rings. The lowest BCUT2D eigenvalue weighted by Crippen LogP contribution is -2.44. The smallest absolute Gasteiger partial charge is 0.371 e. The van der Waals surface area contributed by atoms with Gasteiger partial charge in [0.1, 0.15) is 0 Å². The lowest BCUT2D eigenvalue weighted by atomic mass is 10.4. The lowest BCUT2D eigenvalue weighted by molar-refractivity contribution is 0.0844. The molecule has 0 bridgehead atoms. The molecule has 0 unspecified atom stereocenters. The van der Waals surface area contributed by atoms with Crippen molar-refractivity contribution < 1.29 is 13.3 Å². The quantitative estimate of drug-likeness (QED) is 0.688. The zero-order chi connectivity index (χ0) is 15.3. The van der Waals surface area contributed by atoms with Crippen molar-refractivity contribution in [3.63, 3.8) is 0 Å². The van der Waals surface area contributed by atoms with Crippen molar-refractivity contribution in [2.75, 3.05) is 19.8 Å². The Morgan fingerprint density at radius 1 is 1.05 bits per heavy atom. The molecule has 0 atom stereocenters. The Labute approximate surface area is 123 Å². The Morgan fingerprint density at radius 2 is 1.60 bits per heavy atom. The number of nitrogens with zero attached hydrogens (tertiary/aromatic N) is 1. The molecule has 112 valence electrons. The highest BCUT2D eigenvalue weighted by atomic mass is 28.4. The molecule has 1 heterocycles. The van der Waals surface area contributed by atoms with Crippen molar-refractivity contribution in [2.45, 2.75) is 20.8 Å². The second-order valence-corrected chi connectivity index (χ2v) is 6.05. The van der Waals surface area contributed by atoms with Gasteiger partial charge in [-0.3, -0.25) is 4.98 Å². The maximum absolute atomic E-state index is 5.44. The molecular weight excluding hydrogens is 270 g/mol. The Bertz CT molecular complexity index is 354. The van der Waals surface area contributed by atoms with Gasteiger partial charge in [-0.25, -0.2) is 0 Å². The van der Waals surface area contributed by atoms with Crippen molar-refractivity contribution in [1.29, 1.82) is 0 Å². The third-order valence-corrected chi connectivity index (χ3v) is 4.76. The van der Waals surface area contributed by atoms with Gasteiger partial charge in [0.15, 0.2) is 0 Å². The van der Waals surface area contributed by atoms with Crippen LogP contribution in [-0.4, -0.2) is 33.6 Å². The van der Waals surface area contributed by atoms with Gasteiger partial charge >= 0.3 is 8.80 Å². The van der Waals surface area contributed by atoms with Crippen molar-refractivity contribution in [1.82, 2.24) is 4.98 Å². The minimum absolute atomic E-state index is 0.595. The molecule has 0 radical (unpaired) electrons. The number of hydrogen-bond acceptors (Lipinski definition) is 4. The van der Waals surface area contributed by atoms with Crippen molar-refractivity contribution in [3.8, 4) is 0 Å². The summed E-state index contributed by atoms with van der Waals surface area (Å²) in [5.41, 5.74) is 2.59. The molecule has 20 heavy (non-hydrogen) atoms. The second kappa shape index (κ2) is 11.5. The fourth-order valence-electron chi connectivity index (χ4n) is 1.40. The molecule has 0 aliphatic rings. The number of pyridine rings is 1. The first kappa shape index (κ1) is 18.7. The van der Waals surface area contributed by atoms with Gasteiger partial charge < -0.3 is 13.3 Å². The van der Waals surface area contributed by atoms with Crippen LogP contribution >= 0.6 is 0 Å². The fourth-order valence-corrected chi connectivity index (χ4v) is 3.21.